The molecule has 0 fully saturated rings. The van der Waals surface area contributed by atoms with Gasteiger partial charge in [-0.05, 0) is 30.0 Å². The molecule has 96 valence electrons. The van der Waals surface area contributed by atoms with Gasteiger partial charge < -0.3 is 11.1 Å². The van der Waals surface area contributed by atoms with Crippen LogP contribution in [0.2, 0.25) is 0 Å². The summed E-state index contributed by atoms with van der Waals surface area (Å²) in [5, 5.41) is 2.75. The normalized spacial score (nSPS) is 13.4. The number of rotatable bonds is 5. The monoisotopic (exact) mass is 244 g/mol. The second-order valence-electron chi connectivity index (χ2n) is 4.44. The van der Waals surface area contributed by atoms with Crippen LogP contribution in [0, 0.1) is 12.3 Å². The van der Waals surface area contributed by atoms with E-state index >= 15 is 0 Å². The van der Waals surface area contributed by atoms with E-state index in [1.165, 1.54) is 5.56 Å². The van der Waals surface area contributed by atoms with E-state index in [4.69, 9.17) is 12.2 Å². The minimum Gasteiger partial charge on any atom is -0.325 e. The third-order valence-electron chi connectivity index (χ3n) is 3.03. The van der Waals surface area contributed by atoms with E-state index in [0.29, 0.717) is 5.92 Å². The van der Waals surface area contributed by atoms with Gasteiger partial charge in [0.05, 0.1) is 6.04 Å². The molecule has 18 heavy (non-hydrogen) atoms. The molecule has 0 aliphatic rings. The predicted octanol–water partition coefficient (Wildman–Crippen LogP) is 2.49. The van der Waals surface area contributed by atoms with Gasteiger partial charge in [-0.15, -0.1) is 12.3 Å². The molecule has 0 spiro atoms. The number of nitrogens with one attached hydrogen (secondary N) is 1. The standard InChI is InChI=1S/C15H20N2O/c1-4-6-14(16)15(18)17-13-9-7-12(8-10-13)11(3)5-2/h1,7-11,14H,5-6,16H2,2-3H3,(H,17,18). The molecule has 2 unspecified atom stereocenters. The van der Waals surface area contributed by atoms with Crippen LogP contribution in [-0.4, -0.2) is 11.9 Å². The zero-order valence-electron chi connectivity index (χ0n) is 10.9. The van der Waals surface area contributed by atoms with Crippen molar-refractivity contribution in [2.75, 3.05) is 5.32 Å². The molecule has 0 radical (unpaired) electrons. The smallest absolute Gasteiger partial charge is 0.242 e. The van der Waals surface area contributed by atoms with Crippen molar-refractivity contribution in [1.29, 1.82) is 0 Å². The van der Waals surface area contributed by atoms with Crippen molar-refractivity contribution in [1.82, 2.24) is 0 Å². The molecular weight excluding hydrogens is 224 g/mol. The van der Waals surface area contributed by atoms with Crippen LogP contribution in [0.3, 0.4) is 0 Å². The largest absolute Gasteiger partial charge is 0.325 e. The van der Waals surface area contributed by atoms with Crippen molar-refractivity contribution in [2.24, 2.45) is 5.73 Å². The predicted molar refractivity (Wildman–Crippen MR) is 75.2 cm³/mol. The molecule has 1 aromatic rings. The van der Waals surface area contributed by atoms with Gasteiger partial charge in [0, 0.05) is 12.1 Å². The fourth-order valence-electron chi connectivity index (χ4n) is 1.59. The molecule has 0 aliphatic carbocycles. The van der Waals surface area contributed by atoms with Crippen molar-refractivity contribution in [3.8, 4) is 12.3 Å². The molecule has 3 nitrogen and oxygen atoms in total. The Kier molecular flexibility index (Phi) is 5.41. The summed E-state index contributed by atoms with van der Waals surface area (Å²) in [5.41, 5.74) is 7.64. The topological polar surface area (TPSA) is 55.1 Å². The summed E-state index contributed by atoms with van der Waals surface area (Å²) >= 11 is 0. The van der Waals surface area contributed by atoms with Crippen LogP contribution < -0.4 is 11.1 Å². The first kappa shape index (κ1) is 14.3. The number of carbonyl (C=O) groups excluding carboxylic acids is 1. The van der Waals surface area contributed by atoms with E-state index in [1.807, 2.05) is 24.3 Å². The highest BCUT2D eigenvalue weighted by Crippen LogP contribution is 2.20. The summed E-state index contributed by atoms with van der Waals surface area (Å²) < 4.78 is 0. The van der Waals surface area contributed by atoms with E-state index in [-0.39, 0.29) is 12.3 Å². The number of carbonyl (C=O) groups is 1. The van der Waals surface area contributed by atoms with Crippen molar-refractivity contribution < 1.29 is 4.79 Å². The average molecular weight is 244 g/mol. The Hall–Kier alpha value is -1.79. The van der Waals surface area contributed by atoms with Gasteiger partial charge in [-0.1, -0.05) is 26.0 Å². The maximum absolute atomic E-state index is 11.6. The molecule has 0 heterocycles. The van der Waals surface area contributed by atoms with E-state index < -0.39 is 6.04 Å². The maximum Gasteiger partial charge on any atom is 0.242 e. The first-order valence-electron chi connectivity index (χ1n) is 6.18. The molecular formula is C15H20N2O. The lowest BCUT2D eigenvalue weighted by atomic mass is 9.98. The second kappa shape index (κ2) is 6.83. The summed E-state index contributed by atoms with van der Waals surface area (Å²) in [6.45, 7) is 4.33. The maximum atomic E-state index is 11.6. The van der Waals surface area contributed by atoms with Crippen LogP contribution in [0.5, 0.6) is 0 Å². The minimum atomic E-state index is -0.649. The van der Waals surface area contributed by atoms with Crippen LogP contribution in [0.15, 0.2) is 24.3 Å². The van der Waals surface area contributed by atoms with Crippen molar-refractivity contribution in [3.05, 3.63) is 29.8 Å². The minimum absolute atomic E-state index is 0.246. The summed E-state index contributed by atoms with van der Waals surface area (Å²) in [6, 6.07) is 7.18. The Bertz CT molecular complexity index is 431. The third kappa shape index (κ3) is 3.90. The quantitative estimate of drug-likeness (QED) is 0.782. The van der Waals surface area contributed by atoms with Crippen LogP contribution in [0.25, 0.3) is 0 Å². The fourth-order valence-corrected chi connectivity index (χ4v) is 1.59. The lowest BCUT2D eigenvalue weighted by molar-refractivity contribution is -0.117. The molecule has 2 atom stereocenters. The Labute approximate surface area is 109 Å². The van der Waals surface area contributed by atoms with Gasteiger partial charge in [0.1, 0.15) is 0 Å². The van der Waals surface area contributed by atoms with Crippen LogP contribution in [0.4, 0.5) is 5.69 Å². The van der Waals surface area contributed by atoms with Gasteiger partial charge in [0.15, 0.2) is 0 Å². The van der Waals surface area contributed by atoms with E-state index in [1.54, 1.807) is 0 Å². The Morgan fingerprint density at radius 1 is 1.44 bits per heavy atom. The summed E-state index contributed by atoms with van der Waals surface area (Å²) in [6.07, 6.45) is 6.46. The van der Waals surface area contributed by atoms with Gasteiger partial charge in [-0.25, -0.2) is 0 Å². The Morgan fingerprint density at radius 3 is 2.56 bits per heavy atom. The second-order valence-corrected chi connectivity index (χ2v) is 4.44. The molecule has 3 N–H and O–H groups in total. The van der Waals surface area contributed by atoms with Crippen molar-refractivity contribution in [2.45, 2.75) is 38.6 Å². The van der Waals surface area contributed by atoms with Crippen LogP contribution >= 0.6 is 0 Å². The number of hydrogen-bond acceptors (Lipinski definition) is 2. The lowest BCUT2D eigenvalue weighted by Gasteiger charge is -2.12. The lowest BCUT2D eigenvalue weighted by Crippen LogP contribution is -2.35. The first-order valence-corrected chi connectivity index (χ1v) is 6.18. The molecule has 0 saturated heterocycles. The Balaban J connectivity index is 2.64. The van der Waals surface area contributed by atoms with Crippen LogP contribution in [-0.2, 0) is 4.79 Å². The summed E-state index contributed by atoms with van der Waals surface area (Å²) in [4.78, 5) is 11.6. The van der Waals surface area contributed by atoms with E-state index in [9.17, 15) is 4.79 Å². The van der Waals surface area contributed by atoms with Gasteiger partial charge in [0.25, 0.3) is 0 Å². The van der Waals surface area contributed by atoms with Gasteiger partial charge in [-0.3, -0.25) is 4.79 Å². The average Bonchev–Trinajstić information content (AvgIpc) is 2.39. The number of amides is 1. The molecule has 1 rings (SSSR count). The van der Waals surface area contributed by atoms with Crippen LogP contribution in [0.1, 0.15) is 38.2 Å². The molecule has 0 aliphatic heterocycles. The summed E-state index contributed by atoms with van der Waals surface area (Å²) in [5.74, 6) is 2.66. The highest BCUT2D eigenvalue weighted by atomic mass is 16.2. The van der Waals surface area contributed by atoms with Crippen molar-refractivity contribution >= 4 is 11.6 Å². The number of anilines is 1. The summed E-state index contributed by atoms with van der Waals surface area (Å²) in [7, 11) is 0. The van der Waals surface area contributed by atoms with E-state index in [0.717, 1.165) is 12.1 Å². The fraction of sp³-hybridized carbons (Fsp3) is 0.400. The first-order chi connectivity index (χ1) is 8.58. The number of nitrogens with two attached hydrogens (primary N) is 1. The molecule has 0 aromatic heterocycles. The zero-order valence-corrected chi connectivity index (χ0v) is 10.9. The number of hydrogen-bond donors (Lipinski definition) is 2. The molecule has 1 amide bonds. The van der Waals surface area contributed by atoms with Gasteiger partial charge >= 0.3 is 0 Å². The highest BCUT2D eigenvalue weighted by Gasteiger charge is 2.12. The number of benzene rings is 1. The SMILES string of the molecule is C#CCC(N)C(=O)Nc1ccc(C(C)CC)cc1. The molecule has 1 aromatic carbocycles. The molecule has 3 heteroatoms. The van der Waals surface area contributed by atoms with Crippen molar-refractivity contribution in [3.63, 3.8) is 0 Å². The van der Waals surface area contributed by atoms with Gasteiger partial charge in [-0.2, -0.15) is 0 Å². The molecule has 0 saturated carbocycles. The third-order valence-corrected chi connectivity index (χ3v) is 3.03. The number of terminal acetylenes is 1. The highest BCUT2D eigenvalue weighted by molar-refractivity contribution is 5.94. The molecule has 0 bridgehead atoms. The zero-order chi connectivity index (χ0) is 13.5. The van der Waals surface area contributed by atoms with Gasteiger partial charge in [0.2, 0.25) is 5.91 Å². The Morgan fingerprint density at radius 2 is 2.06 bits per heavy atom. The van der Waals surface area contributed by atoms with E-state index in [2.05, 4.69) is 25.1 Å².